The van der Waals surface area contributed by atoms with Crippen LogP contribution < -0.4 is 14.2 Å². The van der Waals surface area contributed by atoms with Crippen molar-refractivity contribution in [2.24, 2.45) is 0 Å². The molecule has 0 amide bonds. The Hall–Kier alpha value is -2.49. The van der Waals surface area contributed by atoms with E-state index in [-0.39, 0.29) is 5.97 Å². The maximum atomic E-state index is 12.5. The number of ether oxygens (including phenoxy) is 3. The minimum atomic E-state index is -0.375. The highest BCUT2D eigenvalue weighted by Gasteiger charge is 2.09. The average molecular weight is 483 g/mol. The molecule has 0 heterocycles. The third kappa shape index (κ3) is 13.2. The van der Waals surface area contributed by atoms with Gasteiger partial charge >= 0.3 is 5.97 Å². The van der Waals surface area contributed by atoms with Gasteiger partial charge in [0, 0.05) is 0 Å². The topological polar surface area (TPSA) is 44.8 Å². The molecular formula is C31H46O4. The monoisotopic (exact) mass is 482 g/mol. The van der Waals surface area contributed by atoms with Gasteiger partial charge in [0.25, 0.3) is 0 Å². The Morgan fingerprint density at radius 2 is 0.886 bits per heavy atom. The number of hydrogen-bond donors (Lipinski definition) is 0. The van der Waals surface area contributed by atoms with E-state index in [1.807, 2.05) is 24.3 Å². The van der Waals surface area contributed by atoms with Gasteiger partial charge in [-0.05, 0) is 61.4 Å². The molecule has 35 heavy (non-hydrogen) atoms. The van der Waals surface area contributed by atoms with Crippen molar-refractivity contribution < 1.29 is 19.0 Å². The Balaban J connectivity index is 1.61. The number of hydrogen-bond acceptors (Lipinski definition) is 4. The molecule has 2 aromatic carbocycles. The van der Waals surface area contributed by atoms with Gasteiger partial charge in [-0.3, -0.25) is 0 Å². The van der Waals surface area contributed by atoms with Crippen LogP contribution >= 0.6 is 0 Å². The molecule has 4 nitrogen and oxygen atoms in total. The zero-order valence-corrected chi connectivity index (χ0v) is 22.1. The molecule has 0 saturated carbocycles. The second-order valence-electron chi connectivity index (χ2n) is 9.32. The molecular weight excluding hydrogens is 436 g/mol. The summed E-state index contributed by atoms with van der Waals surface area (Å²) in [4.78, 5) is 12.5. The minimum Gasteiger partial charge on any atom is -0.494 e. The number of rotatable bonds is 20. The van der Waals surface area contributed by atoms with Crippen LogP contribution in [0.25, 0.3) is 0 Å². The molecule has 0 atom stereocenters. The fourth-order valence-electron chi connectivity index (χ4n) is 3.96. The highest BCUT2D eigenvalue weighted by molar-refractivity contribution is 5.91. The van der Waals surface area contributed by atoms with Crippen molar-refractivity contribution in [2.45, 2.75) is 104 Å². The van der Waals surface area contributed by atoms with E-state index in [0.29, 0.717) is 17.9 Å². The number of esters is 1. The number of carbonyl (C=O) groups is 1. The SMILES string of the molecule is CCCCCCCCCCOc1ccc(C(=O)Oc2ccc(OCCCCCCCC)cc2)cc1. The van der Waals surface area contributed by atoms with E-state index < -0.39 is 0 Å². The van der Waals surface area contributed by atoms with Crippen molar-refractivity contribution in [3.8, 4) is 17.2 Å². The number of benzene rings is 2. The summed E-state index contributed by atoms with van der Waals surface area (Å²) in [6.45, 7) is 5.92. The van der Waals surface area contributed by atoms with Crippen LogP contribution in [0.15, 0.2) is 48.5 Å². The Morgan fingerprint density at radius 3 is 1.34 bits per heavy atom. The third-order valence-corrected chi connectivity index (χ3v) is 6.16. The van der Waals surface area contributed by atoms with Crippen molar-refractivity contribution in [3.63, 3.8) is 0 Å². The first kappa shape index (κ1) is 28.7. The molecule has 0 spiro atoms. The predicted octanol–water partition coefficient (Wildman–Crippen LogP) is 9.16. The lowest BCUT2D eigenvalue weighted by Gasteiger charge is -2.09. The van der Waals surface area contributed by atoms with Crippen LogP contribution in [0.1, 0.15) is 114 Å². The van der Waals surface area contributed by atoms with Crippen LogP contribution in [0.5, 0.6) is 17.2 Å². The van der Waals surface area contributed by atoms with Crippen LogP contribution in [0.3, 0.4) is 0 Å². The lowest BCUT2D eigenvalue weighted by Crippen LogP contribution is -2.08. The Labute approximate surface area is 213 Å². The first-order chi connectivity index (χ1) is 17.2. The van der Waals surface area contributed by atoms with E-state index in [9.17, 15) is 4.79 Å². The molecule has 2 aromatic rings. The summed E-state index contributed by atoms with van der Waals surface area (Å²) >= 11 is 0. The molecule has 0 unspecified atom stereocenters. The van der Waals surface area contributed by atoms with E-state index in [4.69, 9.17) is 14.2 Å². The van der Waals surface area contributed by atoms with E-state index in [0.717, 1.165) is 30.9 Å². The summed E-state index contributed by atoms with van der Waals surface area (Å²) in [6, 6.07) is 14.4. The highest BCUT2D eigenvalue weighted by Crippen LogP contribution is 2.20. The molecule has 0 saturated heterocycles. The van der Waals surface area contributed by atoms with E-state index in [2.05, 4.69) is 13.8 Å². The summed E-state index contributed by atoms with van der Waals surface area (Å²) in [5.41, 5.74) is 0.507. The predicted molar refractivity (Wildman–Crippen MR) is 145 cm³/mol. The molecule has 0 fully saturated rings. The summed E-state index contributed by atoms with van der Waals surface area (Å²) in [7, 11) is 0. The molecule has 2 rings (SSSR count). The fraction of sp³-hybridized carbons (Fsp3) is 0.581. The molecule has 194 valence electrons. The molecule has 0 aliphatic rings. The number of carbonyl (C=O) groups excluding carboxylic acids is 1. The Kier molecular flexibility index (Phi) is 15.4. The zero-order chi connectivity index (χ0) is 25.0. The molecule has 0 bridgehead atoms. The maximum Gasteiger partial charge on any atom is 0.343 e. The van der Waals surface area contributed by atoms with Crippen molar-refractivity contribution in [1.29, 1.82) is 0 Å². The van der Waals surface area contributed by atoms with Gasteiger partial charge in [0.2, 0.25) is 0 Å². The molecule has 4 heteroatoms. The molecule has 0 N–H and O–H groups in total. The minimum absolute atomic E-state index is 0.375. The van der Waals surface area contributed by atoms with Crippen LogP contribution in [0.4, 0.5) is 0 Å². The lowest BCUT2D eigenvalue weighted by molar-refractivity contribution is 0.0734. The first-order valence-electron chi connectivity index (χ1n) is 13.9. The van der Waals surface area contributed by atoms with Gasteiger partial charge in [-0.25, -0.2) is 4.79 Å². The molecule has 0 aliphatic heterocycles. The van der Waals surface area contributed by atoms with Crippen molar-refractivity contribution >= 4 is 5.97 Å². The van der Waals surface area contributed by atoms with Crippen LogP contribution in [0, 0.1) is 0 Å². The summed E-state index contributed by atoms with van der Waals surface area (Å²) in [6.07, 6.45) is 17.7. The zero-order valence-electron chi connectivity index (χ0n) is 22.1. The largest absolute Gasteiger partial charge is 0.494 e. The third-order valence-electron chi connectivity index (χ3n) is 6.16. The van der Waals surface area contributed by atoms with Crippen LogP contribution in [-0.2, 0) is 0 Å². The Bertz CT molecular complexity index is 783. The van der Waals surface area contributed by atoms with E-state index >= 15 is 0 Å². The molecule has 0 radical (unpaired) electrons. The Morgan fingerprint density at radius 1 is 0.514 bits per heavy atom. The van der Waals surface area contributed by atoms with Gasteiger partial charge in [-0.15, -0.1) is 0 Å². The van der Waals surface area contributed by atoms with Crippen molar-refractivity contribution in [1.82, 2.24) is 0 Å². The second-order valence-corrected chi connectivity index (χ2v) is 9.32. The van der Waals surface area contributed by atoms with Gasteiger partial charge in [-0.2, -0.15) is 0 Å². The van der Waals surface area contributed by atoms with E-state index in [1.54, 1.807) is 24.3 Å². The van der Waals surface area contributed by atoms with Crippen molar-refractivity contribution in [2.75, 3.05) is 13.2 Å². The molecule has 0 aliphatic carbocycles. The molecule has 0 aromatic heterocycles. The standard InChI is InChI=1S/C31H46O4/c1-3-5-7-9-11-12-14-16-25-33-28-19-17-27(18-20-28)31(32)35-30-23-21-29(22-24-30)34-26-15-13-10-8-6-4-2/h17-24H,3-16,25-26H2,1-2H3. The number of unbranched alkanes of at least 4 members (excludes halogenated alkanes) is 12. The first-order valence-corrected chi connectivity index (χ1v) is 13.9. The van der Waals surface area contributed by atoms with Crippen molar-refractivity contribution in [3.05, 3.63) is 54.1 Å². The van der Waals surface area contributed by atoms with Gasteiger partial charge < -0.3 is 14.2 Å². The van der Waals surface area contributed by atoms with Crippen LogP contribution in [0.2, 0.25) is 0 Å². The summed E-state index contributed by atoms with van der Waals surface area (Å²) in [5, 5.41) is 0. The van der Waals surface area contributed by atoms with Gasteiger partial charge in [0.1, 0.15) is 17.2 Å². The fourth-order valence-corrected chi connectivity index (χ4v) is 3.96. The van der Waals surface area contributed by atoms with Gasteiger partial charge in [0.05, 0.1) is 18.8 Å². The van der Waals surface area contributed by atoms with Gasteiger partial charge in [-0.1, -0.05) is 90.9 Å². The average Bonchev–Trinajstić information content (AvgIpc) is 2.88. The summed E-state index contributed by atoms with van der Waals surface area (Å²) < 4.78 is 17.1. The van der Waals surface area contributed by atoms with Crippen LogP contribution in [-0.4, -0.2) is 19.2 Å². The maximum absolute atomic E-state index is 12.5. The second kappa shape index (κ2) is 18.8. The summed E-state index contributed by atoms with van der Waals surface area (Å²) in [5.74, 6) is 1.73. The normalized spacial score (nSPS) is 10.8. The lowest BCUT2D eigenvalue weighted by atomic mass is 10.1. The highest BCUT2D eigenvalue weighted by atomic mass is 16.5. The quantitative estimate of drug-likeness (QED) is 0.107. The smallest absolute Gasteiger partial charge is 0.343 e. The van der Waals surface area contributed by atoms with Gasteiger partial charge in [0.15, 0.2) is 0 Å². The van der Waals surface area contributed by atoms with E-state index in [1.165, 1.54) is 77.0 Å².